The van der Waals surface area contributed by atoms with Crippen LogP contribution in [0.15, 0.2) is 24.3 Å². The van der Waals surface area contributed by atoms with Gasteiger partial charge in [0.15, 0.2) is 0 Å². The van der Waals surface area contributed by atoms with Crippen LogP contribution in [0.25, 0.3) is 0 Å². The van der Waals surface area contributed by atoms with Gasteiger partial charge in [-0.05, 0) is 115 Å². The number of carboxylic acid groups (broad SMARTS) is 1. The fourth-order valence-electron chi connectivity index (χ4n) is 10.6. The van der Waals surface area contributed by atoms with E-state index >= 15 is 0 Å². The third-order valence-corrected chi connectivity index (χ3v) is 13.3. The molecular formula is C36H53Cl2NO6. The molecule has 9 heteroatoms. The van der Waals surface area contributed by atoms with Crippen molar-refractivity contribution >= 4 is 40.8 Å². The number of hydrogen-bond acceptors (Lipinski definition) is 6. The zero-order chi connectivity index (χ0) is 32.5. The van der Waals surface area contributed by atoms with Gasteiger partial charge in [-0.1, -0.05) is 32.9 Å². The maximum absolute atomic E-state index is 13.0. The lowest BCUT2D eigenvalue weighted by Gasteiger charge is -2.63. The number of anilines is 1. The average molecular weight is 667 g/mol. The van der Waals surface area contributed by atoms with Crippen LogP contribution >= 0.6 is 23.2 Å². The van der Waals surface area contributed by atoms with Crippen molar-refractivity contribution in [2.24, 2.45) is 46.3 Å². The van der Waals surface area contributed by atoms with Crippen LogP contribution in [0.1, 0.15) is 84.1 Å². The van der Waals surface area contributed by atoms with Gasteiger partial charge in [0.05, 0.1) is 18.6 Å². The smallest absolute Gasteiger partial charge is 0.310 e. The SMILES string of the molecule is C[C@H](CCC(=O)O)[C@H]1CC[C@H]2[C@@H]3[C@H](O)C[C@@H]4C[C@H](OC(=O)Cc5ccc(N(CCCl)CCCl)cc5)CC[C@]4(C)[C@H]3C[C@H](O)[C@]12C. The number of alkyl halides is 2. The Morgan fingerprint density at radius 2 is 1.69 bits per heavy atom. The summed E-state index contributed by atoms with van der Waals surface area (Å²) in [6, 6.07) is 7.93. The highest BCUT2D eigenvalue weighted by Crippen LogP contribution is 2.68. The molecule has 252 valence electrons. The number of carboxylic acids is 1. The van der Waals surface area contributed by atoms with Gasteiger partial charge in [-0.2, -0.15) is 0 Å². The van der Waals surface area contributed by atoms with E-state index in [0.29, 0.717) is 44.1 Å². The van der Waals surface area contributed by atoms with E-state index in [0.717, 1.165) is 43.4 Å². The Bertz CT molecular complexity index is 1180. The van der Waals surface area contributed by atoms with Gasteiger partial charge in [0.2, 0.25) is 0 Å². The summed E-state index contributed by atoms with van der Waals surface area (Å²) >= 11 is 11.9. The maximum atomic E-state index is 13.0. The van der Waals surface area contributed by atoms with Crippen LogP contribution in [-0.4, -0.2) is 70.4 Å². The zero-order valence-corrected chi connectivity index (χ0v) is 28.7. The van der Waals surface area contributed by atoms with Crippen LogP contribution in [0.5, 0.6) is 0 Å². The fourth-order valence-corrected chi connectivity index (χ4v) is 11.0. The quantitative estimate of drug-likeness (QED) is 0.172. The van der Waals surface area contributed by atoms with Gasteiger partial charge in [-0.25, -0.2) is 0 Å². The Kier molecular flexibility index (Phi) is 11.0. The summed E-state index contributed by atoms with van der Waals surface area (Å²) in [6.07, 6.45) is 5.74. The molecule has 1 aromatic carbocycles. The van der Waals surface area contributed by atoms with E-state index in [1.807, 2.05) is 24.3 Å². The summed E-state index contributed by atoms with van der Waals surface area (Å²) in [5, 5.41) is 32.8. The lowest BCUT2D eigenvalue weighted by atomic mass is 9.43. The highest BCUT2D eigenvalue weighted by Gasteiger charge is 2.65. The van der Waals surface area contributed by atoms with Crippen LogP contribution in [-0.2, 0) is 20.7 Å². The molecule has 0 aromatic heterocycles. The largest absolute Gasteiger partial charge is 0.481 e. The van der Waals surface area contributed by atoms with Crippen molar-refractivity contribution in [2.45, 2.75) is 103 Å². The molecule has 4 fully saturated rings. The fraction of sp³-hybridized carbons (Fsp3) is 0.778. The van der Waals surface area contributed by atoms with Crippen molar-refractivity contribution in [1.29, 1.82) is 0 Å². The zero-order valence-electron chi connectivity index (χ0n) is 27.2. The standard InChI is InChI=1S/C36H53Cl2NO6/c1-22(4-11-32(42)43)27-9-10-28-34-29(21-31(41)36(27,28)3)35(2)13-12-26(19-24(35)20-30(34)40)45-33(44)18-23-5-7-25(8-6-23)39(16-14-37)17-15-38/h5-8,22,24,26-31,34,40-41H,4,9-21H2,1-3H3,(H,42,43)/t22-,24+,26-,27-,28+,29+,30-,31+,34+,35+,36-/m1/s1. The first kappa shape index (κ1) is 34.8. The topological polar surface area (TPSA) is 107 Å². The molecule has 0 saturated heterocycles. The predicted octanol–water partition coefficient (Wildman–Crippen LogP) is 6.53. The molecule has 0 spiro atoms. The molecule has 3 N–H and O–H groups in total. The lowest BCUT2D eigenvalue weighted by Crippen LogP contribution is -2.62. The van der Waals surface area contributed by atoms with E-state index < -0.39 is 18.2 Å². The molecule has 5 rings (SSSR count). The number of aliphatic hydroxyl groups excluding tert-OH is 2. The monoisotopic (exact) mass is 665 g/mol. The van der Waals surface area contributed by atoms with Crippen LogP contribution < -0.4 is 4.90 Å². The normalized spacial score (nSPS) is 38.0. The second-order valence-corrected chi connectivity index (χ2v) is 15.9. The van der Waals surface area contributed by atoms with E-state index in [9.17, 15) is 24.9 Å². The number of benzene rings is 1. The molecule has 11 atom stereocenters. The molecule has 45 heavy (non-hydrogen) atoms. The molecule has 0 amide bonds. The molecule has 0 radical (unpaired) electrons. The van der Waals surface area contributed by atoms with Gasteiger partial charge < -0.3 is 25.0 Å². The number of aliphatic hydroxyl groups is 2. The van der Waals surface area contributed by atoms with E-state index in [2.05, 4.69) is 25.7 Å². The molecule has 4 saturated carbocycles. The number of rotatable bonds is 12. The molecule has 0 aliphatic heterocycles. The van der Waals surface area contributed by atoms with Crippen molar-refractivity contribution in [3.63, 3.8) is 0 Å². The Morgan fingerprint density at radius 1 is 1.00 bits per heavy atom. The predicted molar refractivity (Wildman–Crippen MR) is 178 cm³/mol. The molecular weight excluding hydrogens is 613 g/mol. The number of ether oxygens (including phenoxy) is 1. The highest BCUT2D eigenvalue weighted by atomic mass is 35.5. The van der Waals surface area contributed by atoms with Gasteiger partial charge in [0.1, 0.15) is 6.10 Å². The average Bonchev–Trinajstić information content (AvgIpc) is 3.36. The first-order valence-electron chi connectivity index (χ1n) is 17.2. The third-order valence-electron chi connectivity index (χ3n) is 13.0. The van der Waals surface area contributed by atoms with Crippen LogP contribution in [0.3, 0.4) is 0 Å². The van der Waals surface area contributed by atoms with E-state index in [4.69, 9.17) is 27.9 Å². The van der Waals surface area contributed by atoms with Gasteiger partial charge in [-0.15, -0.1) is 23.2 Å². The molecule has 0 bridgehead atoms. The molecule has 4 aliphatic rings. The van der Waals surface area contributed by atoms with Crippen LogP contribution in [0, 0.1) is 46.3 Å². The Labute approximate surface area is 279 Å². The highest BCUT2D eigenvalue weighted by molar-refractivity contribution is 6.18. The molecule has 0 unspecified atom stereocenters. The van der Waals surface area contributed by atoms with Crippen molar-refractivity contribution in [2.75, 3.05) is 29.7 Å². The van der Waals surface area contributed by atoms with E-state index in [1.165, 1.54) is 0 Å². The minimum absolute atomic E-state index is 0.0180. The minimum Gasteiger partial charge on any atom is -0.481 e. The van der Waals surface area contributed by atoms with Crippen molar-refractivity contribution < 1.29 is 29.6 Å². The molecule has 7 nitrogen and oxygen atoms in total. The van der Waals surface area contributed by atoms with Crippen molar-refractivity contribution in [1.82, 2.24) is 0 Å². The number of carbonyl (C=O) groups is 2. The number of esters is 1. The van der Waals surface area contributed by atoms with Gasteiger partial charge in [0, 0.05) is 37.0 Å². The van der Waals surface area contributed by atoms with Gasteiger partial charge >= 0.3 is 11.9 Å². The summed E-state index contributed by atoms with van der Waals surface area (Å²) in [4.78, 5) is 26.4. The second-order valence-electron chi connectivity index (χ2n) is 15.1. The van der Waals surface area contributed by atoms with Crippen molar-refractivity contribution in [3.05, 3.63) is 29.8 Å². The first-order valence-corrected chi connectivity index (χ1v) is 18.2. The van der Waals surface area contributed by atoms with E-state index in [1.54, 1.807) is 0 Å². The summed E-state index contributed by atoms with van der Waals surface area (Å²) in [7, 11) is 0. The first-order chi connectivity index (χ1) is 21.4. The second kappa shape index (κ2) is 14.3. The number of fused-ring (bicyclic) bond motifs is 5. The van der Waals surface area contributed by atoms with Crippen molar-refractivity contribution in [3.8, 4) is 0 Å². The summed E-state index contributed by atoms with van der Waals surface area (Å²) in [5.41, 5.74) is 1.61. The Balaban J connectivity index is 1.21. The summed E-state index contributed by atoms with van der Waals surface area (Å²) < 4.78 is 6.05. The minimum atomic E-state index is -0.767. The molecule has 0 heterocycles. The van der Waals surface area contributed by atoms with Crippen LogP contribution in [0.4, 0.5) is 5.69 Å². The number of carbonyl (C=O) groups excluding carboxylic acids is 1. The summed E-state index contributed by atoms with van der Waals surface area (Å²) in [5.74, 6) is 1.35. The number of aliphatic carboxylic acids is 1. The Hall–Kier alpha value is -1.54. The lowest BCUT2D eigenvalue weighted by molar-refractivity contribution is -0.209. The van der Waals surface area contributed by atoms with E-state index in [-0.39, 0.29) is 71.3 Å². The molecule has 1 aromatic rings. The van der Waals surface area contributed by atoms with Crippen LogP contribution in [0.2, 0.25) is 0 Å². The van der Waals surface area contributed by atoms with Gasteiger partial charge in [0.25, 0.3) is 0 Å². The number of hydrogen-bond donors (Lipinski definition) is 3. The maximum Gasteiger partial charge on any atom is 0.310 e. The Morgan fingerprint density at radius 3 is 2.33 bits per heavy atom. The third kappa shape index (κ3) is 6.89. The summed E-state index contributed by atoms with van der Waals surface area (Å²) in [6.45, 7) is 8.14. The number of halogens is 2. The number of nitrogens with zero attached hydrogens (tertiary/aromatic N) is 1. The molecule has 4 aliphatic carbocycles. The van der Waals surface area contributed by atoms with Gasteiger partial charge in [-0.3, -0.25) is 9.59 Å².